The van der Waals surface area contributed by atoms with E-state index in [1.54, 1.807) is 12.4 Å². The van der Waals surface area contributed by atoms with E-state index < -0.39 is 11.7 Å². The highest BCUT2D eigenvalue weighted by Gasteiger charge is 2.31. The summed E-state index contributed by atoms with van der Waals surface area (Å²) in [7, 11) is 0. The van der Waals surface area contributed by atoms with Gasteiger partial charge in [0.25, 0.3) is 0 Å². The Kier molecular flexibility index (Phi) is 4.82. The fourth-order valence-corrected chi connectivity index (χ4v) is 2.74. The molecule has 24 heavy (non-hydrogen) atoms. The van der Waals surface area contributed by atoms with Crippen molar-refractivity contribution in [1.82, 2.24) is 15.0 Å². The minimum Gasteiger partial charge on any atom is -0.476 e. The summed E-state index contributed by atoms with van der Waals surface area (Å²) >= 11 is 0. The van der Waals surface area contributed by atoms with E-state index in [1.165, 1.54) is 12.4 Å². The molecule has 0 bridgehead atoms. The van der Waals surface area contributed by atoms with Gasteiger partial charge in [-0.25, -0.2) is 9.97 Å². The van der Waals surface area contributed by atoms with E-state index in [0.29, 0.717) is 31.4 Å². The van der Waals surface area contributed by atoms with Crippen LogP contribution in [0.4, 0.5) is 19.0 Å². The lowest BCUT2D eigenvalue weighted by Crippen LogP contribution is -2.38. The molecule has 3 heterocycles. The summed E-state index contributed by atoms with van der Waals surface area (Å²) in [5.74, 6) is 1.01. The molecule has 0 spiro atoms. The fraction of sp³-hybridized carbons (Fsp3) is 0.438. The Labute approximate surface area is 137 Å². The third kappa shape index (κ3) is 4.12. The number of nitrogens with zero attached hydrogens (tertiary/aromatic N) is 4. The van der Waals surface area contributed by atoms with Gasteiger partial charge in [-0.2, -0.15) is 13.2 Å². The molecule has 2 aromatic rings. The lowest BCUT2D eigenvalue weighted by atomic mass is 9.99. The average Bonchev–Trinajstić information content (AvgIpc) is 2.60. The van der Waals surface area contributed by atoms with Crippen molar-refractivity contribution in [3.05, 3.63) is 42.5 Å². The fourth-order valence-electron chi connectivity index (χ4n) is 2.74. The molecule has 0 aromatic carbocycles. The molecule has 0 aliphatic carbocycles. The van der Waals surface area contributed by atoms with Crippen molar-refractivity contribution in [3.63, 3.8) is 0 Å². The molecule has 5 nitrogen and oxygen atoms in total. The maximum Gasteiger partial charge on any atom is 0.416 e. The molecule has 128 valence electrons. The Balaban J connectivity index is 1.63. The van der Waals surface area contributed by atoms with Crippen LogP contribution < -0.4 is 9.64 Å². The number of halogens is 3. The summed E-state index contributed by atoms with van der Waals surface area (Å²) in [5.41, 5.74) is -0.676. The van der Waals surface area contributed by atoms with Crippen LogP contribution in [0.2, 0.25) is 0 Å². The molecule has 1 aliphatic heterocycles. The number of aromatic nitrogens is 3. The van der Waals surface area contributed by atoms with Crippen LogP contribution >= 0.6 is 0 Å². The molecule has 1 fully saturated rings. The summed E-state index contributed by atoms with van der Waals surface area (Å²) in [6, 6.07) is 2.09. The van der Waals surface area contributed by atoms with Crippen molar-refractivity contribution in [2.45, 2.75) is 19.0 Å². The van der Waals surface area contributed by atoms with Crippen molar-refractivity contribution < 1.29 is 17.9 Å². The molecular weight excluding hydrogens is 321 g/mol. The first-order valence-corrected chi connectivity index (χ1v) is 7.69. The zero-order valence-corrected chi connectivity index (χ0v) is 12.9. The number of piperidine rings is 1. The van der Waals surface area contributed by atoms with Crippen molar-refractivity contribution in [2.75, 3.05) is 24.6 Å². The van der Waals surface area contributed by atoms with E-state index in [0.717, 1.165) is 25.0 Å². The molecule has 8 heteroatoms. The molecule has 1 aliphatic rings. The minimum absolute atomic E-state index is 0.206. The third-order valence-corrected chi connectivity index (χ3v) is 3.92. The second kappa shape index (κ2) is 7.02. The summed E-state index contributed by atoms with van der Waals surface area (Å²) in [6.07, 6.45) is 3.33. The molecule has 0 saturated carbocycles. The van der Waals surface area contributed by atoms with Crippen LogP contribution in [0.3, 0.4) is 0 Å². The van der Waals surface area contributed by atoms with Crippen LogP contribution in [0, 0.1) is 5.92 Å². The van der Waals surface area contributed by atoms with Crippen molar-refractivity contribution in [3.8, 4) is 5.88 Å². The first-order valence-electron chi connectivity index (χ1n) is 7.69. The van der Waals surface area contributed by atoms with Gasteiger partial charge in [-0.15, -0.1) is 0 Å². The van der Waals surface area contributed by atoms with Gasteiger partial charge in [0.05, 0.1) is 18.4 Å². The van der Waals surface area contributed by atoms with E-state index >= 15 is 0 Å². The van der Waals surface area contributed by atoms with Crippen LogP contribution in [0.5, 0.6) is 5.88 Å². The Morgan fingerprint density at radius 2 is 2.08 bits per heavy atom. The Morgan fingerprint density at radius 3 is 2.83 bits per heavy atom. The molecule has 0 radical (unpaired) electrons. The predicted octanol–water partition coefficient (Wildman–Crippen LogP) is 3.19. The summed E-state index contributed by atoms with van der Waals surface area (Å²) in [4.78, 5) is 13.9. The summed E-state index contributed by atoms with van der Waals surface area (Å²) in [6.45, 7) is 1.75. The molecule has 0 N–H and O–H groups in total. The molecule has 1 saturated heterocycles. The lowest BCUT2D eigenvalue weighted by molar-refractivity contribution is -0.137. The van der Waals surface area contributed by atoms with Gasteiger partial charge < -0.3 is 9.64 Å². The zero-order valence-electron chi connectivity index (χ0n) is 12.9. The van der Waals surface area contributed by atoms with E-state index in [-0.39, 0.29) is 5.92 Å². The number of hydrogen-bond acceptors (Lipinski definition) is 5. The van der Waals surface area contributed by atoms with Gasteiger partial charge in [-0.1, -0.05) is 0 Å². The highest BCUT2D eigenvalue weighted by Crippen LogP contribution is 2.31. The number of pyridine rings is 1. The monoisotopic (exact) mass is 338 g/mol. The first-order chi connectivity index (χ1) is 11.5. The van der Waals surface area contributed by atoms with Gasteiger partial charge >= 0.3 is 6.18 Å². The summed E-state index contributed by atoms with van der Waals surface area (Å²) in [5, 5.41) is 0. The number of alkyl halides is 3. The van der Waals surface area contributed by atoms with Crippen molar-refractivity contribution >= 4 is 5.82 Å². The third-order valence-electron chi connectivity index (χ3n) is 3.92. The van der Waals surface area contributed by atoms with E-state index in [2.05, 4.69) is 15.0 Å². The largest absolute Gasteiger partial charge is 0.476 e. The average molecular weight is 338 g/mol. The maximum atomic E-state index is 12.8. The summed E-state index contributed by atoms with van der Waals surface area (Å²) < 4.78 is 44.1. The van der Waals surface area contributed by atoms with Gasteiger partial charge in [0.2, 0.25) is 5.88 Å². The van der Waals surface area contributed by atoms with Crippen LogP contribution in [-0.2, 0) is 6.18 Å². The van der Waals surface area contributed by atoms with Gasteiger partial charge in [0.1, 0.15) is 5.82 Å². The molecule has 1 unspecified atom stereocenters. The number of rotatable bonds is 4. The molecular formula is C16H17F3N4O. The Bertz CT molecular complexity index is 666. The van der Waals surface area contributed by atoms with E-state index in [4.69, 9.17) is 4.74 Å². The van der Waals surface area contributed by atoms with Crippen LogP contribution in [0.1, 0.15) is 18.4 Å². The highest BCUT2D eigenvalue weighted by molar-refractivity contribution is 5.42. The van der Waals surface area contributed by atoms with Gasteiger partial charge in [-0.3, -0.25) is 4.98 Å². The minimum atomic E-state index is -4.36. The number of hydrogen-bond donors (Lipinski definition) is 0. The lowest BCUT2D eigenvalue weighted by Gasteiger charge is -2.33. The second-order valence-corrected chi connectivity index (χ2v) is 5.71. The van der Waals surface area contributed by atoms with E-state index in [9.17, 15) is 13.2 Å². The van der Waals surface area contributed by atoms with Gasteiger partial charge in [0, 0.05) is 37.6 Å². The maximum absolute atomic E-state index is 12.8. The molecule has 1 atom stereocenters. The normalized spacial score (nSPS) is 18.5. The molecule has 3 rings (SSSR count). The quantitative estimate of drug-likeness (QED) is 0.857. The highest BCUT2D eigenvalue weighted by atomic mass is 19.4. The second-order valence-electron chi connectivity index (χ2n) is 5.71. The number of anilines is 1. The smallest absolute Gasteiger partial charge is 0.416 e. The SMILES string of the molecule is FC(F)(F)c1ccnc(N2CCCC(COc3cnccn3)C2)c1. The van der Waals surface area contributed by atoms with Gasteiger partial charge in [-0.05, 0) is 25.0 Å². The topological polar surface area (TPSA) is 51.1 Å². The van der Waals surface area contributed by atoms with E-state index in [1.807, 2.05) is 4.90 Å². The van der Waals surface area contributed by atoms with Crippen LogP contribution in [0.15, 0.2) is 36.9 Å². The number of ether oxygens (including phenoxy) is 1. The van der Waals surface area contributed by atoms with Crippen LogP contribution in [0.25, 0.3) is 0 Å². The zero-order chi connectivity index (χ0) is 17.0. The standard InChI is InChI=1S/C16H17F3N4O/c17-16(18,19)13-3-4-21-14(8-13)23-7-1-2-12(10-23)11-24-15-9-20-5-6-22-15/h3-6,8-9,12H,1-2,7,10-11H2. The Morgan fingerprint density at radius 1 is 1.21 bits per heavy atom. The van der Waals surface area contributed by atoms with Crippen molar-refractivity contribution in [2.24, 2.45) is 5.92 Å². The van der Waals surface area contributed by atoms with Crippen molar-refractivity contribution in [1.29, 1.82) is 0 Å². The molecule has 2 aromatic heterocycles. The molecule has 0 amide bonds. The van der Waals surface area contributed by atoms with Crippen LogP contribution in [-0.4, -0.2) is 34.6 Å². The van der Waals surface area contributed by atoms with Gasteiger partial charge in [0.15, 0.2) is 0 Å². The predicted molar refractivity (Wildman–Crippen MR) is 81.7 cm³/mol. The Hall–Kier alpha value is -2.38. The first kappa shape index (κ1) is 16.5.